The van der Waals surface area contributed by atoms with Crippen LogP contribution in [0.2, 0.25) is 0 Å². The third-order valence-corrected chi connectivity index (χ3v) is 4.77. The van der Waals surface area contributed by atoms with E-state index < -0.39 is 29.7 Å². The fraction of sp³-hybridized carbons (Fsp3) is 0.435. The molecular formula is C23H28FNO4. The van der Waals surface area contributed by atoms with Crippen LogP contribution in [0.15, 0.2) is 42.5 Å². The summed E-state index contributed by atoms with van der Waals surface area (Å²) < 4.78 is 25.9. The molecule has 2 aromatic carbocycles. The predicted molar refractivity (Wildman–Crippen MR) is 109 cm³/mol. The van der Waals surface area contributed by atoms with Gasteiger partial charge in [0.25, 0.3) is 0 Å². The van der Waals surface area contributed by atoms with Gasteiger partial charge in [0.2, 0.25) is 0 Å². The van der Waals surface area contributed by atoms with Gasteiger partial charge in [-0.15, -0.1) is 0 Å². The molecule has 156 valence electrons. The van der Waals surface area contributed by atoms with Gasteiger partial charge in [-0.25, -0.2) is 9.18 Å². The molecule has 3 rings (SSSR count). The number of aliphatic hydroxyl groups excluding tert-OH is 1. The maximum Gasteiger partial charge on any atom is 0.410 e. The number of halogens is 1. The highest BCUT2D eigenvalue weighted by molar-refractivity contribution is 5.70. The topological polar surface area (TPSA) is 59.0 Å². The molecule has 1 heterocycles. The van der Waals surface area contributed by atoms with Gasteiger partial charge in [-0.1, -0.05) is 42.0 Å². The van der Waals surface area contributed by atoms with E-state index in [1.807, 2.05) is 31.2 Å². The van der Waals surface area contributed by atoms with Crippen molar-refractivity contribution in [1.82, 2.24) is 4.90 Å². The van der Waals surface area contributed by atoms with E-state index in [1.165, 1.54) is 11.0 Å². The largest absolute Gasteiger partial charge is 0.444 e. The summed E-state index contributed by atoms with van der Waals surface area (Å²) in [5.41, 5.74) is 1.87. The average Bonchev–Trinajstić information content (AvgIpc) is 2.66. The number of hydrogen-bond acceptors (Lipinski definition) is 4. The summed E-state index contributed by atoms with van der Waals surface area (Å²) in [6.45, 7) is 8.17. The van der Waals surface area contributed by atoms with Crippen molar-refractivity contribution in [3.05, 3.63) is 59.4 Å². The molecule has 0 aliphatic carbocycles. The molecule has 1 fully saturated rings. The van der Waals surface area contributed by atoms with E-state index in [-0.39, 0.29) is 13.2 Å². The van der Waals surface area contributed by atoms with Crippen LogP contribution in [-0.2, 0) is 9.47 Å². The highest BCUT2D eigenvalue weighted by Gasteiger charge is 2.33. The lowest BCUT2D eigenvalue weighted by molar-refractivity contribution is -0.0907. The van der Waals surface area contributed by atoms with Gasteiger partial charge in [-0.2, -0.15) is 0 Å². The number of rotatable bonds is 3. The highest BCUT2D eigenvalue weighted by Crippen LogP contribution is 2.34. The molecule has 0 radical (unpaired) electrons. The zero-order valence-electron chi connectivity index (χ0n) is 17.3. The normalized spacial score (nSPS) is 18.4. The minimum Gasteiger partial charge on any atom is -0.444 e. The first-order valence-corrected chi connectivity index (χ1v) is 9.79. The van der Waals surface area contributed by atoms with Gasteiger partial charge < -0.3 is 19.5 Å². The van der Waals surface area contributed by atoms with Crippen LogP contribution in [-0.4, -0.2) is 47.5 Å². The molecule has 2 atom stereocenters. The first-order valence-electron chi connectivity index (χ1n) is 9.79. The Hall–Kier alpha value is -2.44. The summed E-state index contributed by atoms with van der Waals surface area (Å²) in [5.74, 6) is -0.410. The molecule has 2 aromatic rings. The monoisotopic (exact) mass is 401 g/mol. The fourth-order valence-electron chi connectivity index (χ4n) is 3.45. The minimum absolute atomic E-state index is 0.167. The number of aliphatic hydroxyl groups is 1. The van der Waals surface area contributed by atoms with E-state index in [0.29, 0.717) is 23.2 Å². The summed E-state index contributed by atoms with van der Waals surface area (Å²) in [7, 11) is 0. The van der Waals surface area contributed by atoms with Crippen LogP contribution in [0.3, 0.4) is 0 Å². The standard InChI is InChI=1S/C23H28FNO4/c1-15-7-5-8-16(13-15)20-17(9-6-10-18(20)24)21(26)19-14-25(11-12-28-19)22(27)29-23(2,3)4/h5-10,13,19,21,26H,11-12,14H2,1-4H3/t19-,21?/m1/s1. The molecule has 5 nitrogen and oxygen atoms in total. The molecule has 29 heavy (non-hydrogen) atoms. The first-order chi connectivity index (χ1) is 13.7. The molecule has 1 aliphatic heterocycles. The molecule has 1 N–H and O–H groups in total. The summed E-state index contributed by atoms with van der Waals surface area (Å²) in [4.78, 5) is 13.9. The van der Waals surface area contributed by atoms with Gasteiger partial charge in [0.05, 0.1) is 13.2 Å². The molecule has 0 aromatic heterocycles. The van der Waals surface area contributed by atoms with Gasteiger partial charge in [-0.3, -0.25) is 0 Å². The van der Waals surface area contributed by atoms with E-state index in [9.17, 15) is 14.3 Å². The smallest absolute Gasteiger partial charge is 0.410 e. The summed E-state index contributed by atoms with van der Waals surface area (Å²) in [5, 5.41) is 11.0. The number of carbonyl (C=O) groups is 1. The number of nitrogens with zero attached hydrogens (tertiary/aromatic N) is 1. The average molecular weight is 401 g/mol. The van der Waals surface area contributed by atoms with Crippen LogP contribution in [0, 0.1) is 12.7 Å². The van der Waals surface area contributed by atoms with Gasteiger partial charge >= 0.3 is 6.09 Å². The van der Waals surface area contributed by atoms with Crippen LogP contribution in [0.25, 0.3) is 11.1 Å². The van der Waals surface area contributed by atoms with Crippen LogP contribution >= 0.6 is 0 Å². The van der Waals surface area contributed by atoms with E-state index >= 15 is 0 Å². The van der Waals surface area contributed by atoms with E-state index in [2.05, 4.69) is 0 Å². The second kappa shape index (κ2) is 8.51. The quantitative estimate of drug-likeness (QED) is 0.824. The highest BCUT2D eigenvalue weighted by atomic mass is 19.1. The molecular weight excluding hydrogens is 373 g/mol. The summed E-state index contributed by atoms with van der Waals surface area (Å²) in [6.07, 6.45) is -2.22. The molecule has 1 amide bonds. The predicted octanol–water partition coefficient (Wildman–Crippen LogP) is 4.47. The Labute approximate surface area is 171 Å². The number of amides is 1. The van der Waals surface area contributed by atoms with Crippen molar-refractivity contribution in [1.29, 1.82) is 0 Å². The number of aryl methyl sites for hydroxylation is 1. The molecule has 1 unspecified atom stereocenters. The first kappa shape index (κ1) is 21.3. The molecule has 6 heteroatoms. The van der Waals surface area contributed by atoms with E-state index in [0.717, 1.165) is 5.56 Å². The Bertz CT molecular complexity index is 877. The summed E-state index contributed by atoms with van der Waals surface area (Å²) in [6, 6.07) is 12.1. The van der Waals surface area contributed by atoms with Crippen LogP contribution in [0.4, 0.5) is 9.18 Å². The van der Waals surface area contributed by atoms with Crippen molar-refractivity contribution in [2.45, 2.75) is 45.5 Å². The molecule has 1 aliphatic rings. The third kappa shape index (κ3) is 5.14. The Balaban J connectivity index is 1.86. The molecule has 0 saturated carbocycles. The second-order valence-electron chi connectivity index (χ2n) is 8.35. The van der Waals surface area contributed by atoms with Crippen molar-refractivity contribution in [2.75, 3.05) is 19.7 Å². The number of morpholine rings is 1. The Kier molecular flexibility index (Phi) is 6.24. The van der Waals surface area contributed by atoms with Crippen LogP contribution in [0.1, 0.15) is 38.0 Å². The lowest BCUT2D eigenvalue weighted by Gasteiger charge is -2.36. The van der Waals surface area contributed by atoms with Crippen molar-refractivity contribution >= 4 is 6.09 Å². The Morgan fingerprint density at radius 1 is 1.28 bits per heavy atom. The molecule has 1 saturated heterocycles. The minimum atomic E-state index is -1.09. The maximum absolute atomic E-state index is 14.7. The third-order valence-electron chi connectivity index (χ3n) is 4.77. The Morgan fingerprint density at radius 3 is 2.69 bits per heavy atom. The number of benzene rings is 2. The fourth-order valence-corrected chi connectivity index (χ4v) is 3.45. The van der Waals surface area contributed by atoms with Crippen molar-refractivity contribution in [2.24, 2.45) is 0 Å². The zero-order chi connectivity index (χ0) is 21.2. The van der Waals surface area contributed by atoms with Gasteiger partial charge in [0, 0.05) is 12.1 Å². The van der Waals surface area contributed by atoms with Gasteiger partial charge in [0.1, 0.15) is 23.6 Å². The van der Waals surface area contributed by atoms with Crippen molar-refractivity contribution < 1.29 is 23.8 Å². The zero-order valence-corrected chi connectivity index (χ0v) is 17.3. The van der Waals surface area contributed by atoms with E-state index in [1.54, 1.807) is 32.9 Å². The number of carbonyl (C=O) groups excluding carboxylic acids is 1. The molecule has 0 spiro atoms. The lowest BCUT2D eigenvalue weighted by atomic mass is 9.92. The maximum atomic E-state index is 14.7. The summed E-state index contributed by atoms with van der Waals surface area (Å²) >= 11 is 0. The number of hydrogen-bond donors (Lipinski definition) is 1. The lowest BCUT2D eigenvalue weighted by Crippen LogP contribution is -2.49. The Morgan fingerprint density at radius 2 is 2.00 bits per heavy atom. The van der Waals surface area contributed by atoms with Crippen molar-refractivity contribution in [3.8, 4) is 11.1 Å². The van der Waals surface area contributed by atoms with Crippen LogP contribution < -0.4 is 0 Å². The molecule has 0 bridgehead atoms. The van der Waals surface area contributed by atoms with Crippen LogP contribution in [0.5, 0.6) is 0 Å². The van der Waals surface area contributed by atoms with E-state index in [4.69, 9.17) is 9.47 Å². The van der Waals surface area contributed by atoms with Gasteiger partial charge in [0.15, 0.2) is 0 Å². The van der Waals surface area contributed by atoms with Gasteiger partial charge in [-0.05, 0) is 44.9 Å². The number of ether oxygens (including phenoxy) is 2. The van der Waals surface area contributed by atoms with Crippen molar-refractivity contribution in [3.63, 3.8) is 0 Å². The second-order valence-corrected chi connectivity index (χ2v) is 8.35. The SMILES string of the molecule is Cc1cccc(-c2c(F)cccc2C(O)[C@H]2CN(C(=O)OC(C)(C)C)CCO2)c1.